The number of ether oxygens (including phenoxy) is 3. The molecule has 1 amide bonds. The summed E-state index contributed by atoms with van der Waals surface area (Å²) in [6, 6.07) is 17.1. The van der Waals surface area contributed by atoms with Crippen LogP contribution in [0.2, 0.25) is 0 Å². The number of fused-ring (bicyclic) bond motifs is 1. The lowest BCUT2D eigenvalue weighted by atomic mass is 10.2. The fourth-order valence-electron chi connectivity index (χ4n) is 2.74. The van der Waals surface area contributed by atoms with Gasteiger partial charge in [0.25, 0.3) is 0 Å². The van der Waals surface area contributed by atoms with Gasteiger partial charge in [0.15, 0.2) is 17.6 Å². The Balaban J connectivity index is 1.48. The van der Waals surface area contributed by atoms with Gasteiger partial charge in [-0.2, -0.15) is 0 Å². The number of hydrogen-bond acceptors (Lipinski definition) is 4. The van der Waals surface area contributed by atoms with E-state index in [-0.39, 0.29) is 12.0 Å². The van der Waals surface area contributed by atoms with E-state index in [0.717, 1.165) is 17.2 Å². The number of hydrogen-bond donors (Lipinski definition) is 0. The standard InChI is InChI=1S/C20H23NO4/c1-2-21(20(22)12-13-23-16-8-4-3-5-9-16)14-17-15-24-18-10-6-7-11-19(18)25-17/h3-11,17H,2,12-15H2,1H3. The fourth-order valence-corrected chi connectivity index (χ4v) is 2.74. The third-order valence-electron chi connectivity index (χ3n) is 4.05. The number of rotatable bonds is 7. The molecule has 5 heteroatoms. The van der Waals surface area contributed by atoms with Crippen LogP contribution in [0.25, 0.3) is 0 Å². The molecule has 1 heterocycles. The van der Waals surface area contributed by atoms with Crippen molar-refractivity contribution in [3.05, 3.63) is 54.6 Å². The van der Waals surface area contributed by atoms with Crippen molar-refractivity contribution in [2.45, 2.75) is 19.4 Å². The number of amides is 1. The zero-order valence-corrected chi connectivity index (χ0v) is 14.4. The van der Waals surface area contributed by atoms with Crippen molar-refractivity contribution < 1.29 is 19.0 Å². The monoisotopic (exact) mass is 341 g/mol. The van der Waals surface area contributed by atoms with Crippen LogP contribution < -0.4 is 14.2 Å². The van der Waals surface area contributed by atoms with Crippen molar-refractivity contribution in [2.24, 2.45) is 0 Å². The largest absolute Gasteiger partial charge is 0.493 e. The Morgan fingerprint density at radius 1 is 1.12 bits per heavy atom. The Morgan fingerprint density at radius 3 is 2.60 bits per heavy atom. The van der Waals surface area contributed by atoms with E-state index in [9.17, 15) is 4.79 Å². The smallest absolute Gasteiger partial charge is 0.226 e. The van der Waals surface area contributed by atoms with Gasteiger partial charge in [-0.3, -0.25) is 4.79 Å². The van der Waals surface area contributed by atoms with E-state index in [2.05, 4.69) is 0 Å². The van der Waals surface area contributed by atoms with E-state index < -0.39 is 0 Å². The van der Waals surface area contributed by atoms with E-state index in [1.165, 1.54) is 0 Å². The zero-order chi connectivity index (χ0) is 17.5. The summed E-state index contributed by atoms with van der Waals surface area (Å²) in [6.07, 6.45) is 0.182. The molecule has 132 valence electrons. The summed E-state index contributed by atoms with van der Waals surface area (Å²) < 4.78 is 17.3. The molecule has 0 radical (unpaired) electrons. The maximum Gasteiger partial charge on any atom is 0.226 e. The first-order valence-electron chi connectivity index (χ1n) is 8.60. The van der Waals surface area contributed by atoms with Crippen LogP contribution in [0.15, 0.2) is 54.6 Å². The van der Waals surface area contributed by atoms with Crippen molar-refractivity contribution in [3.8, 4) is 17.2 Å². The molecule has 0 aromatic heterocycles. The first-order valence-corrected chi connectivity index (χ1v) is 8.60. The van der Waals surface area contributed by atoms with Gasteiger partial charge in [0, 0.05) is 6.54 Å². The Hall–Kier alpha value is -2.69. The second-order valence-corrected chi connectivity index (χ2v) is 5.84. The first kappa shape index (κ1) is 17.1. The highest BCUT2D eigenvalue weighted by atomic mass is 16.6. The SMILES string of the molecule is CCN(CC1COc2ccccc2O1)C(=O)CCOc1ccccc1. The van der Waals surface area contributed by atoms with E-state index in [1.807, 2.05) is 61.5 Å². The van der Waals surface area contributed by atoms with Crippen LogP contribution in [0, 0.1) is 0 Å². The van der Waals surface area contributed by atoms with Crippen LogP contribution in [-0.2, 0) is 4.79 Å². The van der Waals surface area contributed by atoms with Crippen molar-refractivity contribution in [2.75, 3.05) is 26.3 Å². The van der Waals surface area contributed by atoms with Gasteiger partial charge in [-0.1, -0.05) is 30.3 Å². The number of carbonyl (C=O) groups is 1. The molecule has 2 aromatic rings. The predicted molar refractivity (Wildman–Crippen MR) is 95.2 cm³/mol. The van der Waals surface area contributed by atoms with Crippen LogP contribution in [0.5, 0.6) is 17.2 Å². The van der Waals surface area contributed by atoms with Crippen molar-refractivity contribution in [1.82, 2.24) is 4.90 Å². The normalized spacial score (nSPS) is 15.5. The maximum atomic E-state index is 12.4. The highest BCUT2D eigenvalue weighted by Crippen LogP contribution is 2.31. The summed E-state index contributed by atoms with van der Waals surface area (Å²) in [6.45, 7) is 3.92. The van der Waals surface area contributed by atoms with Gasteiger partial charge >= 0.3 is 0 Å². The quantitative estimate of drug-likeness (QED) is 0.776. The highest BCUT2D eigenvalue weighted by molar-refractivity contribution is 5.76. The van der Waals surface area contributed by atoms with E-state index in [4.69, 9.17) is 14.2 Å². The lowest BCUT2D eigenvalue weighted by Gasteiger charge is -2.31. The number of para-hydroxylation sites is 3. The summed E-state index contributed by atoms with van der Waals surface area (Å²) in [5, 5.41) is 0. The molecule has 1 unspecified atom stereocenters. The van der Waals surface area contributed by atoms with E-state index in [0.29, 0.717) is 32.7 Å². The molecule has 25 heavy (non-hydrogen) atoms. The molecule has 3 rings (SSSR count). The fraction of sp³-hybridized carbons (Fsp3) is 0.350. The molecule has 0 N–H and O–H groups in total. The number of nitrogens with zero attached hydrogens (tertiary/aromatic N) is 1. The number of likely N-dealkylation sites (N-methyl/N-ethyl adjacent to an activating group) is 1. The molecule has 5 nitrogen and oxygen atoms in total. The van der Waals surface area contributed by atoms with Gasteiger partial charge in [-0.15, -0.1) is 0 Å². The summed E-state index contributed by atoms with van der Waals surface area (Å²) >= 11 is 0. The summed E-state index contributed by atoms with van der Waals surface area (Å²) in [4.78, 5) is 14.2. The van der Waals surface area contributed by atoms with Crippen LogP contribution in [-0.4, -0.2) is 43.2 Å². The summed E-state index contributed by atoms with van der Waals surface area (Å²) in [5.74, 6) is 2.32. The highest BCUT2D eigenvalue weighted by Gasteiger charge is 2.24. The average Bonchev–Trinajstić information content (AvgIpc) is 2.66. The van der Waals surface area contributed by atoms with E-state index >= 15 is 0 Å². The van der Waals surface area contributed by atoms with Crippen LogP contribution >= 0.6 is 0 Å². The van der Waals surface area contributed by atoms with Gasteiger partial charge in [-0.05, 0) is 31.2 Å². The molecular weight excluding hydrogens is 318 g/mol. The minimum Gasteiger partial charge on any atom is -0.493 e. The van der Waals surface area contributed by atoms with Gasteiger partial charge in [0.05, 0.1) is 19.6 Å². The third-order valence-corrected chi connectivity index (χ3v) is 4.05. The summed E-state index contributed by atoms with van der Waals surface area (Å²) in [5.41, 5.74) is 0. The average molecular weight is 341 g/mol. The summed E-state index contributed by atoms with van der Waals surface area (Å²) in [7, 11) is 0. The van der Waals surface area contributed by atoms with Crippen molar-refractivity contribution in [1.29, 1.82) is 0 Å². The molecule has 2 aromatic carbocycles. The molecule has 1 aliphatic heterocycles. The molecule has 0 saturated heterocycles. The predicted octanol–water partition coefficient (Wildman–Crippen LogP) is 3.14. The van der Waals surface area contributed by atoms with Gasteiger partial charge in [0.2, 0.25) is 5.91 Å². The second-order valence-electron chi connectivity index (χ2n) is 5.84. The molecule has 0 aliphatic carbocycles. The van der Waals surface area contributed by atoms with E-state index in [1.54, 1.807) is 4.90 Å². The minimum atomic E-state index is -0.158. The zero-order valence-electron chi connectivity index (χ0n) is 14.4. The van der Waals surface area contributed by atoms with Gasteiger partial charge in [0.1, 0.15) is 12.4 Å². The number of benzene rings is 2. The van der Waals surface area contributed by atoms with Gasteiger partial charge < -0.3 is 19.1 Å². The molecule has 0 spiro atoms. The third kappa shape index (κ3) is 4.66. The van der Waals surface area contributed by atoms with Crippen molar-refractivity contribution >= 4 is 5.91 Å². The van der Waals surface area contributed by atoms with Crippen molar-refractivity contribution in [3.63, 3.8) is 0 Å². The first-order chi connectivity index (χ1) is 12.3. The number of carbonyl (C=O) groups excluding carboxylic acids is 1. The topological polar surface area (TPSA) is 48.0 Å². The Bertz CT molecular complexity index is 689. The lowest BCUT2D eigenvalue weighted by molar-refractivity contribution is -0.133. The van der Waals surface area contributed by atoms with Crippen LogP contribution in [0.3, 0.4) is 0 Å². The molecule has 1 aliphatic rings. The maximum absolute atomic E-state index is 12.4. The molecule has 0 saturated carbocycles. The lowest BCUT2D eigenvalue weighted by Crippen LogP contribution is -2.43. The van der Waals surface area contributed by atoms with Crippen LogP contribution in [0.4, 0.5) is 0 Å². The van der Waals surface area contributed by atoms with Gasteiger partial charge in [-0.25, -0.2) is 0 Å². The van der Waals surface area contributed by atoms with Crippen LogP contribution in [0.1, 0.15) is 13.3 Å². The Kier molecular flexibility index (Phi) is 5.77. The Morgan fingerprint density at radius 2 is 1.84 bits per heavy atom. The molecular formula is C20H23NO4. The second kappa shape index (κ2) is 8.42. The Labute approximate surface area is 148 Å². The molecule has 0 fully saturated rings. The molecule has 0 bridgehead atoms. The molecule has 1 atom stereocenters. The minimum absolute atomic E-state index is 0.0564.